The third-order valence-electron chi connectivity index (χ3n) is 4.10. The van der Waals surface area contributed by atoms with E-state index >= 15 is 0 Å². The number of hydrogen-bond acceptors (Lipinski definition) is 3. The first-order valence-corrected chi connectivity index (χ1v) is 8.84. The minimum atomic E-state index is -1.14. The molecule has 0 saturated carbocycles. The van der Waals surface area contributed by atoms with Gasteiger partial charge in [0.05, 0.1) is 22.6 Å². The number of halogens is 4. The van der Waals surface area contributed by atoms with Crippen LogP contribution in [0.5, 0.6) is 0 Å². The van der Waals surface area contributed by atoms with Gasteiger partial charge in [-0.2, -0.15) is 5.10 Å². The lowest BCUT2D eigenvalue weighted by Crippen LogP contribution is -2.16. The largest absolute Gasteiger partial charge is 0.366 e. The molecular formula is C20H14ClF3N4O2. The minimum absolute atomic E-state index is 0.173. The zero-order chi connectivity index (χ0) is 22.0. The van der Waals surface area contributed by atoms with Crippen molar-refractivity contribution in [3.63, 3.8) is 0 Å². The molecule has 10 heteroatoms. The highest BCUT2D eigenvalue weighted by atomic mass is 35.5. The van der Waals surface area contributed by atoms with Gasteiger partial charge in [0.25, 0.3) is 5.91 Å². The van der Waals surface area contributed by atoms with Gasteiger partial charge >= 0.3 is 0 Å². The molecule has 0 atom stereocenters. The second-order valence-electron chi connectivity index (χ2n) is 6.18. The Kier molecular flexibility index (Phi) is 5.93. The van der Waals surface area contributed by atoms with Crippen molar-refractivity contribution < 1.29 is 22.8 Å². The van der Waals surface area contributed by atoms with Crippen LogP contribution in [0.2, 0.25) is 5.15 Å². The van der Waals surface area contributed by atoms with Gasteiger partial charge in [0, 0.05) is 17.7 Å². The van der Waals surface area contributed by atoms with E-state index in [-0.39, 0.29) is 5.15 Å². The lowest BCUT2D eigenvalue weighted by atomic mass is 10.1. The minimum Gasteiger partial charge on any atom is -0.366 e. The number of anilines is 1. The molecule has 30 heavy (non-hydrogen) atoms. The molecule has 0 spiro atoms. The van der Waals surface area contributed by atoms with Crippen molar-refractivity contribution in [2.45, 2.75) is 6.92 Å². The Bertz CT molecular complexity index is 1170. The van der Waals surface area contributed by atoms with E-state index in [1.54, 1.807) is 6.92 Å². The van der Waals surface area contributed by atoms with E-state index in [1.165, 1.54) is 35.0 Å². The molecule has 0 saturated heterocycles. The molecule has 2 amide bonds. The summed E-state index contributed by atoms with van der Waals surface area (Å²) in [7, 11) is 0. The van der Waals surface area contributed by atoms with Crippen molar-refractivity contribution in [2.75, 3.05) is 5.32 Å². The van der Waals surface area contributed by atoms with Crippen LogP contribution >= 0.6 is 11.6 Å². The van der Waals surface area contributed by atoms with Gasteiger partial charge in [0.2, 0.25) is 5.91 Å². The third-order valence-corrected chi connectivity index (χ3v) is 4.46. The lowest BCUT2D eigenvalue weighted by molar-refractivity contribution is -0.111. The van der Waals surface area contributed by atoms with Gasteiger partial charge in [-0.1, -0.05) is 11.6 Å². The van der Waals surface area contributed by atoms with Crippen molar-refractivity contribution in [1.29, 1.82) is 0 Å². The van der Waals surface area contributed by atoms with Crippen LogP contribution in [0.4, 0.5) is 18.9 Å². The molecular weight excluding hydrogens is 421 g/mol. The topological polar surface area (TPSA) is 90.0 Å². The summed E-state index contributed by atoms with van der Waals surface area (Å²) in [6.45, 7) is 1.66. The highest BCUT2D eigenvalue weighted by molar-refractivity contribution is 6.31. The molecule has 154 valence electrons. The number of primary amides is 1. The maximum absolute atomic E-state index is 13.9. The van der Waals surface area contributed by atoms with Crippen molar-refractivity contribution in [3.05, 3.63) is 81.9 Å². The van der Waals surface area contributed by atoms with Gasteiger partial charge in [-0.05, 0) is 43.3 Å². The molecule has 2 aromatic carbocycles. The van der Waals surface area contributed by atoms with E-state index in [0.717, 1.165) is 12.1 Å². The summed E-state index contributed by atoms with van der Waals surface area (Å²) in [4.78, 5) is 23.3. The second-order valence-corrected chi connectivity index (χ2v) is 6.53. The summed E-state index contributed by atoms with van der Waals surface area (Å²) in [5.41, 5.74) is 5.45. The quantitative estimate of drug-likeness (QED) is 0.595. The van der Waals surface area contributed by atoms with Crippen molar-refractivity contribution in [3.8, 4) is 5.69 Å². The highest BCUT2D eigenvalue weighted by Gasteiger charge is 2.16. The van der Waals surface area contributed by atoms with Crippen molar-refractivity contribution in [1.82, 2.24) is 9.78 Å². The molecule has 0 radical (unpaired) electrons. The van der Waals surface area contributed by atoms with Gasteiger partial charge < -0.3 is 11.1 Å². The monoisotopic (exact) mass is 434 g/mol. The molecule has 6 nitrogen and oxygen atoms in total. The summed E-state index contributed by atoms with van der Waals surface area (Å²) in [6.07, 6.45) is 2.42. The number of aromatic nitrogens is 2. The molecule has 0 aliphatic carbocycles. The van der Waals surface area contributed by atoms with Gasteiger partial charge in [-0.15, -0.1) is 0 Å². The maximum atomic E-state index is 13.9. The van der Waals surface area contributed by atoms with Gasteiger partial charge in [-0.25, -0.2) is 17.9 Å². The van der Waals surface area contributed by atoms with Crippen LogP contribution in [-0.4, -0.2) is 21.6 Å². The van der Waals surface area contributed by atoms with E-state index in [9.17, 15) is 22.8 Å². The van der Waals surface area contributed by atoms with Crippen LogP contribution in [0.3, 0.4) is 0 Å². The van der Waals surface area contributed by atoms with E-state index < -0.39 is 40.5 Å². The zero-order valence-electron chi connectivity index (χ0n) is 15.4. The van der Waals surface area contributed by atoms with E-state index in [4.69, 9.17) is 17.3 Å². The van der Waals surface area contributed by atoms with Gasteiger partial charge in [0.1, 0.15) is 22.6 Å². The summed E-state index contributed by atoms with van der Waals surface area (Å²) < 4.78 is 41.9. The smallest absolute Gasteiger partial charge is 0.251 e. The number of carbonyl (C=O) groups excluding carboxylic acids is 2. The summed E-state index contributed by atoms with van der Waals surface area (Å²) in [5.74, 6) is -4.49. The molecule has 3 aromatic rings. The molecule has 0 fully saturated rings. The molecule has 0 aliphatic heterocycles. The number of amides is 2. The number of nitrogens with zero attached hydrogens (tertiary/aromatic N) is 2. The normalized spacial score (nSPS) is 11.1. The second kappa shape index (κ2) is 8.42. The first-order valence-electron chi connectivity index (χ1n) is 8.46. The Balaban J connectivity index is 1.83. The number of hydrogen-bond donors (Lipinski definition) is 2. The fourth-order valence-electron chi connectivity index (χ4n) is 2.62. The van der Waals surface area contributed by atoms with Crippen molar-refractivity contribution >= 4 is 35.2 Å². The Morgan fingerprint density at radius 2 is 1.80 bits per heavy atom. The molecule has 3 N–H and O–H groups in total. The van der Waals surface area contributed by atoms with Crippen LogP contribution in [0.1, 0.15) is 21.6 Å². The Morgan fingerprint density at radius 1 is 1.13 bits per heavy atom. The van der Waals surface area contributed by atoms with E-state index in [1.807, 2.05) is 0 Å². The van der Waals surface area contributed by atoms with E-state index in [0.29, 0.717) is 23.0 Å². The van der Waals surface area contributed by atoms with E-state index in [2.05, 4.69) is 10.4 Å². The molecule has 0 unspecified atom stereocenters. The fourth-order valence-corrected chi connectivity index (χ4v) is 2.96. The first kappa shape index (κ1) is 21.1. The average Bonchev–Trinajstić information content (AvgIpc) is 2.96. The first-order chi connectivity index (χ1) is 14.2. The highest BCUT2D eigenvalue weighted by Crippen LogP contribution is 2.25. The molecule has 1 aromatic heterocycles. The van der Waals surface area contributed by atoms with Crippen LogP contribution in [0.25, 0.3) is 11.8 Å². The summed E-state index contributed by atoms with van der Waals surface area (Å²) in [5, 5.41) is 6.63. The molecule has 3 rings (SSSR count). The fraction of sp³-hybridized carbons (Fsp3) is 0.0500. The Morgan fingerprint density at radius 3 is 2.43 bits per heavy atom. The third kappa shape index (κ3) is 4.36. The van der Waals surface area contributed by atoms with Crippen LogP contribution < -0.4 is 11.1 Å². The van der Waals surface area contributed by atoms with Gasteiger partial charge in [0.15, 0.2) is 0 Å². The number of carbonyl (C=O) groups is 2. The summed E-state index contributed by atoms with van der Waals surface area (Å²) >= 11 is 6.32. The number of nitrogens with one attached hydrogen (secondary N) is 1. The Labute approximate surface area is 173 Å². The molecule has 1 heterocycles. The standard InChI is InChI=1S/C20H14ClF3N4O2/c1-10-13(19(21)28(27-10)12-4-2-11(22)3-5-12)6-7-18(29)26-17-8-14(20(25)30)15(23)9-16(17)24/h2-9H,1H3,(H2,25,30)(H,26,29)/b7-6+. The number of rotatable bonds is 5. The zero-order valence-corrected chi connectivity index (χ0v) is 16.2. The average molecular weight is 435 g/mol. The van der Waals surface area contributed by atoms with Crippen LogP contribution in [-0.2, 0) is 4.79 Å². The number of aryl methyl sites for hydroxylation is 1. The molecule has 0 aliphatic rings. The number of benzene rings is 2. The lowest BCUT2D eigenvalue weighted by Gasteiger charge is -2.06. The maximum Gasteiger partial charge on any atom is 0.251 e. The van der Waals surface area contributed by atoms with Crippen LogP contribution in [0, 0.1) is 24.4 Å². The summed E-state index contributed by atoms with van der Waals surface area (Å²) in [6, 6.07) is 6.74. The Hall–Kier alpha value is -3.59. The SMILES string of the molecule is Cc1nn(-c2ccc(F)cc2)c(Cl)c1/C=C/C(=O)Nc1cc(C(N)=O)c(F)cc1F. The predicted molar refractivity (Wildman–Crippen MR) is 106 cm³/mol. The predicted octanol–water partition coefficient (Wildman–Crippen LogP) is 4.00. The number of nitrogens with two attached hydrogens (primary N) is 1. The van der Waals surface area contributed by atoms with Crippen LogP contribution in [0.15, 0.2) is 42.5 Å². The van der Waals surface area contributed by atoms with Gasteiger partial charge in [-0.3, -0.25) is 9.59 Å². The molecule has 0 bridgehead atoms. The van der Waals surface area contributed by atoms with Crippen molar-refractivity contribution in [2.24, 2.45) is 5.73 Å².